The Hall–Kier alpha value is -2.63. The van der Waals surface area contributed by atoms with Crippen LogP contribution < -0.4 is 11.1 Å². The number of H-pyrrole nitrogens is 1. The van der Waals surface area contributed by atoms with Crippen LogP contribution in [-0.2, 0) is 4.79 Å². The van der Waals surface area contributed by atoms with Gasteiger partial charge in [-0.25, -0.2) is 4.98 Å². The standard InChI is InChI=1S/C13H13N4O2/c14-12(19)10-4-2-1-3-9(10)5-6-11(18)17-13-15-7-8-16-13/h1-5,7-8H,6H2,(H2,14,19)(H2,15,16,17,18). The van der Waals surface area contributed by atoms with Gasteiger partial charge in [0.1, 0.15) is 0 Å². The first-order valence-electron chi connectivity index (χ1n) is 5.68. The molecule has 0 saturated carbocycles. The Morgan fingerprint density at radius 1 is 1.37 bits per heavy atom. The minimum Gasteiger partial charge on any atom is -0.366 e. The average molecular weight is 257 g/mol. The summed E-state index contributed by atoms with van der Waals surface area (Å²) in [7, 11) is 0. The summed E-state index contributed by atoms with van der Waals surface area (Å²) in [6.45, 7) is 0. The summed E-state index contributed by atoms with van der Waals surface area (Å²) in [5.74, 6) is -0.353. The topological polar surface area (TPSA) is 101 Å². The van der Waals surface area contributed by atoms with E-state index in [0.717, 1.165) is 0 Å². The van der Waals surface area contributed by atoms with E-state index in [0.29, 0.717) is 17.1 Å². The van der Waals surface area contributed by atoms with Crippen molar-refractivity contribution in [2.24, 2.45) is 5.73 Å². The van der Waals surface area contributed by atoms with Gasteiger partial charge in [-0.15, -0.1) is 0 Å². The first-order valence-corrected chi connectivity index (χ1v) is 5.68. The number of aromatic nitrogens is 2. The van der Waals surface area contributed by atoms with Gasteiger partial charge in [0, 0.05) is 30.8 Å². The van der Waals surface area contributed by atoms with E-state index in [4.69, 9.17) is 5.73 Å². The maximum absolute atomic E-state index is 11.6. The Kier molecular flexibility index (Phi) is 3.92. The molecule has 0 unspecified atom stereocenters. The highest BCUT2D eigenvalue weighted by Gasteiger charge is 2.10. The lowest BCUT2D eigenvalue weighted by molar-refractivity contribution is -0.115. The number of primary amides is 1. The molecule has 0 fully saturated rings. The average Bonchev–Trinajstić information content (AvgIpc) is 2.89. The minimum atomic E-state index is -0.515. The zero-order valence-corrected chi connectivity index (χ0v) is 10.1. The van der Waals surface area contributed by atoms with Crippen LogP contribution in [0.5, 0.6) is 0 Å². The van der Waals surface area contributed by atoms with Gasteiger partial charge in [0.15, 0.2) is 0 Å². The molecule has 0 aliphatic carbocycles. The highest BCUT2D eigenvalue weighted by atomic mass is 16.2. The molecule has 0 aliphatic rings. The second-order valence-corrected chi connectivity index (χ2v) is 3.85. The van der Waals surface area contributed by atoms with Crippen LogP contribution in [0.1, 0.15) is 22.3 Å². The van der Waals surface area contributed by atoms with Crippen LogP contribution in [0, 0.1) is 6.42 Å². The van der Waals surface area contributed by atoms with Crippen molar-refractivity contribution in [3.05, 3.63) is 54.2 Å². The van der Waals surface area contributed by atoms with Crippen molar-refractivity contribution in [1.82, 2.24) is 9.97 Å². The van der Waals surface area contributed by atoms with Crippen LogP contribution in [0.2, 0.25) is 0 Å². The molecule has 1 heterocycles. The number of rotatable bonds is 5. The highest BCUT2D eigenvalue weighted by molar-refractivity contribution is 5.95. The van der Waals surface area contributed by atoms with Crippen LogP contribution in [0.3, 0.4) is 0 Å². The molecule has 0 aliphatic heterocycles. The molecule has 1 aromatic carbocycles. The predicted molar refractivity (Wildman–Crippen MR) is 70.2 cm³/mol. The Labute approximate surface area is 110 Å². The van der Waals surface area contributed by atoms with Crippen molar-refractivity contribution in [3.8, 4) is 0 Å². The van der Waals surface area contributed by atoms with Crippen LogP contribution in [0.25, 0.3) is 0 Å². The van der Waals surface area contributed by atoms with Crippen LogP contribution in [-0.4, -0.2) is 21.8 Å². The first-order chi connectivity index (χ1) is 9.16. The monoisotopic (exact) mass is 257 g/mol. The van der Waals surface area contributed by atoms with Crippen LogP contribution >= 0.6 is 0 Å². The molecule has 1 aromatic heterocycles. The lowest BCUT2D eigenvalue weighted by atomic mass is 10.0. The molecule has 0 spiro atoms. The number of nitrogens with two attached hydrogens (primary N) is 1. The van der Waals surface area contributed by atoms with Gasteiger partial charge in [-0.2, -0.15) is 0 Å². The number of anilines is 1. The summed E-state index contributed by atoms with van der Waals surface area (Å²) >= 11 is 0. The van der Waals surface area contributed by atoms with Gasteiger partial charge < -0.3 is 10.7 Å². The molecule has 0 atom stereocenters. The van der Waals surface area contributed by atoms with E-state index in [1.807, 2.05) is 0 Å². The van der Waals surface area contributed by atoms with Gasteiger partial charge in [-0.1, -0.05) is 18.2 Å². The van der Waals surface area contributed by atoms with Gasteiger partial charge in [-0.3, -0.25) is 14.9 Å². The molecular formula is C13H13N4O2. The highest BCUT2D eigenvalue weighted by Crippen LogP contribution is 2.12. The lowest BCUT2D eigenvalue weighted by Crippen LogP contribution is -2.16. The molecule has 6 heteroatoms. The van der Waals surface area contributed by atoms with Gasteiger partial charge in [0.2, 0.25) is 17.8 Å². The van der Waals surface area contributed by atoms with Crippen molar-refractivity contribution in [2.45, 2.75) is 6.42 Å². The zero-order chi connectivity index (χ0) is 13.7. The quantitative estimate of drug-likeness (QED) is 0.747. The fourth-order valence-corrected chi connectivity index (χ4v) is 1.62. The minimum absolute atomic E-state index is 0.130. The van der Waals surface area contributed by atoms with Gasteiger partial charge in [0.05, 0.1) is 0 Å². The summed E-state index contributed by atoms with van der Waals surface area (Å²) in [6.07, 6.45) is 4.94. The summed E-state index contributed by atoms with van der Waals surface area (Å²) in [6, 6.07) is 6.86. The van der Waals surface area contributed by atoms with Crippen molar-refractivity contribution in [3.63, 3.8) is 0 Å². The number of benzene rings is 1. The number of imidazole rings is 1. The van der Waals surface area contributed by atoms with Crippen molar-refractivity contribution in [2.75, 3.05) is 5.32 Å². The maximum atomic E-state index is 11.6. The van der Waals surface area contributed by atoms with Gasteiger partial charge in [-0.05, 0) is 11.6 Å². The number of hydrogen-bond acceptors (Lipinski definition) is 3. The molecule has 2 amide bonds. The SMILES string of the molecule is NC(=O)c1ccccc1[CH]CC(=O)Nc1ncc[nH]1. The maximum Gasteiger partial charge on any atom is 0.248 e. The predicted octanol–water partition coefficient (Wildman–Crippen LogP) is 1.09. The number of hydrogen-bond donors (Lipinski definition) is 3. The zero-order valence-electron chi connectivity index (χ0n) is 10.1. The summed E-state index contributed by atoms with van der Waals surface area (Å²) in [5.41, 5.74) is 6.30. The molecule has 6 nitrogen and oxygen atoms in total. The Balaban J connectivity index is 1.95. The molecule has 1 radical (unpaired) electrons. The third-order valence-corrected chi connectivity index (χ3v) is 2.49. The van der Waals surface area contributed by atoms with E-state index in [2.05, 4.69) is 15.3 Å². The number of carbonyl (C=O) groups is 2. The number of nitrogens with one attached hydrogen (secondary N) is 2. The number of nitrogens with zero attached hydrogens (tertiary/aromatic N) is 1. The molecule has 97 valence electrons. The molecule has 19 heavy (non-hydrogen) atoms. The Morgan fingerprint density at radius 2 is 2.16 bits per heavy atom. The van der Waals surface area contributed by atoms with E-state index in [-0.39, 0.29) is 12.3 Å². The number of carbonyl (C=O) groups excluding carboxylic acids is 2. The fraction of sp³-hybridized carbons (Fsp3) is 0.0769. The molecular weight excluding hydrogens is 244 g/mol. The van der Waals surface area contributed by atoms with Gasteiger partial charge >= 0.3 is 0 Å². The van der Waals surface area contributed by atoms with E-state index >= 15 is 0 Å². The van der Waals surface area contributed by atoms with Crippen LogP contribution in [0.4, 0.5) is 5.95 Å². The van der Waals surface area contributed by atoms with E-state index < -0.39 is 5.91 Å². The molecule has 2 rings (SSSR count). The van der Waals surface area contributed by atoms with Crippen molar-refractivity contribution >= 4 is 17.8 Å². The number of amides is 2. The first kappa shape index (κ1) is 12.8. The van der Waals surface area contributed by atoms with E-state index in [9.17, 15) is 9.59 Å². The van der Waals surface area contributed by atoms with Crippen molar-refractivity contribution in [1.29, 1.82) is 0 Å². The summed E-state index contributed by atoms with van der Waals surface area (Å²) < 4.78 is 0. The second-order valence-electron chi connectivity index (χ2n) is 3.85. The third kappa shape index (κ3) is 3.41. The van der Waals surface area contributed by atoms with Gasteiger partial charge in [0.25, 0.3) is 0 Å². The molecule has 0 saturated heterocycles. The summed E-state index contributed by atoms with van der Waals surface area (Å²) in [5, 5.41) is 2.59. The lowest BCUT2D eigenvalue weighted by Gasteiger charge is -2.05. The molecule has 0 bridgehead atoms. The fourth-order valence-electron chi connectivity index (χ4n) is 1.62. The molecule has 2 aromatic rings. The third-order valence-electron chi connectivity index (χ3n) is 2.49. The largest absolute Gasteiger partial charge is 0.366 e. The second kappa shape index (κ2) is 5.81. The Bertz CT molecular complexity index is 578. The normalized spacial score (nSPS) is 10.1. The van der Waals surface area contributed by atoms with Crippen LogP contribution in [0.15, 0.2) is 36.7 Å². The number of aromatic amines is 1. The Morgan fingerprint density at radius 3 is 2.84 bits per heavy atom. The van der Waals surface area contributed by atoms with E-state index in [1.165, 1.54) is 0 Å². The van der Waals surface area contributed by atoms with Crippen molar-refractivity contribution < 1.29 is 9.59 Å². The molecule has 4 N–H and O–H groups in total. The van der Waals surface area contributed by atoms with E-state index in [1.54, 1.807) is 43.1 Å². The summed E-state index contributed by atoms with van der Waals surface area (Å²) in [4.78, 5) is 29.5. The smallest absolute Gasteiger partial charge is 0.248 e.